The van der Waals surface area contributed by atoms with E-state index in [1.54, 1.807) is 27.0 Å². The summed E-state index contributed by atoms with van der Waals surface area (Å²) in [5.41, 5.74) is -0.853. The van der Waals surface area contributed by atoms with E-state index in [1.807, 2.05) is 6.20 Å². The van der Waals surface area contributed by atoms with Gasteiger partial charge in [0.15, 0.2) is 0 Å². The molecule has 0 bridgehead atoms. The number of hydrogen-bond acceptors (Lipinski definition) is 5. The Morgan fingerprint density at radius 2 is 2.00 bits per heavy atom. The summed E-state index contributed by atoms with van der Waals surface area (Å²) < 4.78 is 50.4. The van der Waals surface area contributed by atoms with E-state index in [0.29, 0.717) is 19.4 Å². The number of hydrogen-bond donors (Lipinski definition) is 1. The molecule has 1 aliphatic rings. The maximum absolute atomic E-state index is 13.4. The number of benzene rings is 1. The lowest BCUT2D eigenvalue weighted by molar-refractivity contribution is -0.155. The van der Waals surface area contributed by atoms with Gasteiger partial charge in [0.2, 0.25) is 0 Å². The van der Waals surface area contributed by atoms with Crippen molar-refractivity contribution in [2.45, 2.75) is 77.5 Å². The molecule has 3 aromatic rings. The highest BCUT2D eigenvalue weighted by Gasteiger charge is 2.32. The number of esters is 1. The Bertz CT molecular complexity index is 1280. The SMILES string of the molecule is CC(C)(C)OC(=O)CC(c1cccc(C(F)(F)F)c1)n1ccn(CCCc2cn3c(n2)CCNC3)c1=O. The zero-order valence-electron chi connectivity index (χ0n) is 21.2. The molecule has 4 rings (SSSR count). The standard InChI is InChI=1S/C26H32F3N5O3/c1-25(2,3)37-23(35)15-21(18-6-4-7-19(14-18)26(27,28)29)34-13-12-32(24(34)36)11-5-8-20-16-33-17-30-10-9-22(33)31-20/h4,6-7,12-14,16,21,30H,5,8-11,15,17H2,1-3H3. The van der Waals surface area contributed by atoms with E-state index in [-0.39, 0.29) is 12.0 Å². The van der Waals surface area contributed by atoms with Gasteiger partial charge in [-0.3, -0.25) is 19.2 Å². The maximum atomic E-state index is 13.4. The second-order valence-electron chi connectivity index (χ2n) is 10.2. The molecule has 8 nitrogen and oxygen atoms in total. The third-order valence-corrected chi connectivity index (χ3v) is 6.14. The molecule has 1 unspecified atom stereocenters. The summed E-state index contributed by atoms with van der Waals surface area (Å²) in [5, 5.41) is 3.29. The monoisotopic (exact) mass is 519 g/mol. The Morgan fingerprint density at radius 3 is 2.70 bits per heavy atom. The number of carbonyl (C=O) groups excluding carboxylic acids is 1. The molecule has 1 aliphatic heterocycles. The van der Waals surface area contributed by atoms with Crippen molar-refractivity contribution in [3.8, 4) is 0 Å². The van der Waals surface area contributed by atoms with Crippen LogP contribution >= 0.6 is 0 Å². The molecule has 0 fully saturated rings. The van der Waals surface area contributed by atoms with Gasteiger partial charge in [0.1, 0.15) is 11.4 Å². The summed E-state index contributed by atoms with van der Waals surface area (Å²) in [7, 11) is 0. The summed E-state index contributed by atoms with van der Waals surface area (Å²) in [6, 6.07) is 3.77. The number of fused-ring (bicyclic) bond motifs is 1. The van der Waals surface area contributed by atoms with Crippen LogP contribution in [0.2, 0.25) is 0 Å². The van der Waals surface area contributed by atoms with Crippen LogP contribution in [0, 0.1) is 0 Å². The Morgan fingerprint density at radius 1 is 1.22 bits per heavy atom. The molecule has 0 radical (unpaired) electrons. The molecule has 1 aromatic carbocycles. The summed E-state index contributed by atoms with van der Waals surface area (Å²) in [6.45, 7) is 7.17. The predicted octanol–water partition coefficient (Wildman–Crippen LogP) is 3.92. The second-order valence-corrected chi connectivity index (χ2v) is 10.2. The van der Waals surface area contributed by atoms with Crippen LogP contribution in [-0.2, 0) is 41.8 Å². The van der Waals surface area contributed by atoms with E-state index in [0.717, 1.165) is 43.3 Å². The maximum Gasteiger partial charge on any atom is 0.416 e. The van der Waals surface area contributed by atoms with Gasteiger partial charge in [-0.15, -0.1) is 0 Å². The van der Waals surface area contributed by atoms with E-state index < -0.39 is 35.0 Å². The molecule has 3 heterocycles. The van der Waals surface area contributed by atoms with Crippen LogP contribution in [0.5, 0.6) is 0 Å². The van der Waals surface area contributed by atoms with Crippen molar-refractivity contribution >= 4 is 5.97 Å². The fourth-order valence-electron chi connectivity index (χ4n) is 4.48. The first-order valence-corrected chi connectivity index (χ1v) is 12.3. The van der Waals surface area contributed by atoms with Crippen molar-refractivity contribution in [1.29, 1.82) is 0 Å². The van der Waals surface area contributed by atoms with Crippen LogP contribution in [0.4, 0.5) is 13.2 Å². The Labute approximate surface area is 213 Å². The van der Waals surface area contributed by atoms with Gasteiger partial charge in [-0.1, -0.05) is 12.1 Å². The van der Waals surface area contributed by atoms with Crippen molar-refractivity contribution in [1.82, 2.24) is 24.0 Å². The molecular formula is C26H32F3N5O3. The summed E-state index contributed by atoms with van der Waals surface area (Å²) in [6.07, 6.45) is 2.51. The van der Waals surface area contributed by atoms with E-state index in [1.165, 1.54) is 27.5 Å². The Kier molecular flexibility index (Phi) is 7.63. The second kappa shape index (κ2) is 10.6. The van der Waals surface area contributed by atoms with Crippen molar-refractivity contribution in [3.05, 3.63) is 76.0 Å². The lowest BCUT2D eigenvalue weighted by Gasteiger charge is -2.23. The van der Waals surface area contributed by atoms with E-state index in [2.05, 4.69) is 14.9 Å². The minimum absolute atomic E-state index is 0.206. The molecule has 0 spiro atoms. The van der Waals surface area contributed by atoms with Crippen molar-refractivity contribution in [2.24, 2.45) is 0 Å². The number of nitrogens with one attached hydrogen (secondary N) is 1. The van der Waals surface area contributed by atoms with Crippen molar-refractivity contribution < 1.29 is 22.7 Å². The number of aryl methyl sites for hydroxylation is 2. The molecule has 1 N–H and O–H groups in total. The Hall–Kier alpha value is -3.34. The van der Waals surface area contributed by atoms with Crippen molar-refractivity contribution in [2.75, 3.05) is 6.54 Å². The molecule has 200 valence electrons. The largest absolute Gasteiger partial charge is 0.460 e. The third kappa shape index (κ3) is 6.71. The number of halogens is 3. The molecule has 0 amide bonds. The van der Waals surface area contributed by atoms with E-state index in [9.17, 15) is 22.8 Å². The van der Waals surface area contributed by atoms with Gasteiger partial charge in [0, 0.05) is 38.1 Å². The number of aromatic nitrogens is 4. The first-order valence-electron chi connectivity index (χ1n) is 12.3. The normalized spacial score (nSPS) is 14.9. The lowest BCUT2D eigenvalue weighted by atomic mass is 10.0. The molecule has 0 saturated carbocycles. The predicted molar refractivity (Wildman–Crippen MR) is 131 cm³/mol. The first kappa shape index (κ1) is 26.7. The molecule has 0 saturated heterocycles. The minimum Gasteiger partial charge on any atom is -0.460 e. The number of nitrogens with zero attached hydrogens (tertiary/aromatic N) is 4. The molecule has 1 atom stereocenters. The zero-order valence-corrected chi connectivity index (χ0v) is 21.2. The van der Waals surface area contributed by atoms with Gasteiger partial charge in [0.05, 0.1) is 30.4 Å². The fraction of sp³-hybridized carbons (Fsp3) is 0.500. The smallest absolute Gasteiger partial charge is 0.416 e. The molecule has 11 heteroatoms. The first-order chi connectivity index (χ1) is 17.4. The topological polar surface area (TPSA) is 83.1 Å². The minimum atomic E-state index is -4.55. The quantitative estimate of drug-likeness (QED) is 0.456. The van der Waals surface area contributed by atoms with Gasteiger partial charge in [-0.05, 0) is 51.3 Å². The summed E-state index contributed by atoms with van der Waals surface area (Å²) >= 11 is 0. The van der Waals surface area contributed by atoms with Gasteiger partial charge >= 0.3 is 17.8 Å². The number of ether oxygens (including phenoxy) is 1. The number of rotatable bonds is 8. The van der Waals surface area contributed by atoms with Crippen LogP contribution in [-0.4, -0.2) is 36.8 Å². The van der Waals surface area contributed by atoms with E-state index in [4.69, 9.17) is 4.74 Å². The highest BCUT2D eigenvalue weighted by molar-refractivity contribution is 5.71. The average Bonchev–Trinajstić information content (AvgIpc) is 3.39. The van der Waals surface area contributed by atoms with Gasteiger partial charge in [0.25, 0.3) is 0 Å². The fourth-order valence-corrected chi connectivity index (χ4v) is 4.48. The highest BCUT2D eigenvalue weighted by Crippen LogP contribution is 2.32. The van der Waals surface area contributed by atoms with Crippen molar-refractivity contribution in [3.63, 3.8) is 0 Å². The lowest BCUT2D eigenvalue weighted by Crippen LogP contribution is -2.31. The molecule has 2 aromatic heterocycles. The molecule has 0 aliphatic carbocycles. The van der Waals surface area contributed by atoms with Crippen LogP contribution in [0.25, 0.3) is 0 Å². The van der Waals surface area contributed by atoms with Crippen LogP contribution in [0.1, 0.15) is 62.3 Å². The highest BCUT2D eigenvalue weighted by atomic mass is 19.4. The van der Waals surface area contributed by atoms with Crippen LogP contribution < -0.4 is 11.0 Å². The molecular weight excluding hydrogens is 487 g/mol. The number of alkyl halides is 3. The average molecular weight is 520 g/mol. The summed E-state index contributed by atoms with van der Waals surface area (Å²) in [5.74, 6) is 0.441. The zero-order chi connectivity index (χ0) is 26.8. The van der Waals surface area contributed by atoms with E-state index >= 15 is 0 Å². The number of imidazole rings is 2. The van der Waals surface area contributed by atoms with Gasteiger partial charge in [-0.2, -0.15) is 13.2 Å². The van der Waals surface area contributed by atoms with Gasteiger partial charge < -0.3 is 9.30 Å². The third-order valence-electron chi connectivity index (χ3n) is 6.14. The Balaban J connectivity index is 1.54. The van der Waals surface area contributed by atoms with Crippen LogP contribution in [0.3, 0.4) is 0 Å². The molecule has 37 heavy (non-hydrogen) atoms. The number of carbonyl (C=O) groups is 1. The van der Waals surface area contributed by atoms with Crippen LogP contribution in [0.15, 0.2) is 47.7 Å². The van der Waals surface area contributed by atoms with Gasteiger partial charge in [-0.25, -0.2) is 9.78 Å². The summed E-state index contributed by atoms with van der Waals surface area (Å²) in [4.78, 5) is 30.6.